The molecule has 0 aromatic heterocycles. The van der Waals surface area contributed by atoms with Gasteiger partial charge in [-0.15, -0.1) is 0 Å². The Morgan fingerprint density at radius 2 is 2.25 bits per heavy atom. The zero-order valence-electron chi connectivity index (χ0n) is 10.2. The molecule has 2 N–H and O–H groups in total. The molecule has 1 atom stereocenters. The van der Waals surface area contributed by atoms with Gasteiger partial charge in [-0.25, -0.2) is 0 Å². The third kappa shape index (κ3) is 4.64. The average molecular weight is 226 g/mol. The molecule has 0 aromatic rings. The molecule has 1 rings (SSSR count). The lowest BCUT2D eigenvalue weighted by atomic mass is 10.1. The molecular weight excluding hydrogens is 204 g/mol. The number of rotatable bonds is 4. The quantitative estimate of drug-likeness (QED) is 0.757. The minimum absolute atomic E-state index is 0.00394. The highest BCUT2D eigenvalue weighted by Crippen LogP contribution is 2.07. The van der Waals surface area contributed by atoms with Crippen molar-refractivity contribution in [3.8, 4) is 0 Å². The second-order valence-electron chi connectivity index (χ2n) is 4.84. The van der Waals surface area contributed by atoms with Crippen LogP contribution in [0.4, 0.5) is 0 Å². The minimum Gasteiger partial charge on any atom is -0.354 e. The Morgan fingerprint density at radius 1 is 1.50 bits per heavy atom. The number of carbonyl (C=O) groups is 2. The SMILES string of the molecule is CC(C)CCC(=O)NC1CCCCNC1=O. The topological polar surface area (TPSA) is 58.2 Å². The van der Waals surface area contributed by atoms with Gasteiger partial charge >= 0.3 is 0 Å². The van der Waals surface area contributed by atoms with Gasteiger partial charge in [0.05, 0.1) is 0 Å². The monoisotopic (exact) mass is 226 g/mol. The third-order valence-corrected chi connectivity index (χ3v) is 2.82. The van der Waals surface area contributed by atoms with Crippen LogP contribution in [0, 0.1) is 5.92 Å². The van der Waals surface area contributed by atoms with Crippen molar-refractivity contribution in [2.24, 2.45) is 5.92 Å². The van der Waals surface area contributed by atoms with Crippen LogP contribution in [0.25, 0.3) is 0 Å². The molecule has 0 spiro atoms. The van der Waals surface area contributed by atoms with E-state index in [9.17, 15) is 9.59 Å². The molecule has 1 aliphatic rings. The Bertz CT molecular complexity index is 251. The van der Waals surface area contributed by atoms with Crippen molar-refractivity contribution in [1.29, 1.82) is 0 Å². The molecule has 0 saturated carbocycles. The van der Waals surface area contributed by atoms with Crippen molar-refractivity contribution in [2.75, 3.05) is 6.54 Å². The second kappa shape index (κ2) is 6.51. The van der Waals surface area contributed by atoms with E-state index < -0.39 is 0 Å². The van der Waals surface area contributed by atoms with Gasteiger partial charge in [0.1, 0.15) is 6.04 Å². The number of carbonyl (C=O) groups excluding carboxylic acids is 2. The Labute approximate surface area is 97.2 Å². The fourth-order valence-corrected chi connectivity index (χ4v) is 1.76. The molecule has 4 nitrogen and oxygen atoms in total. The Balaban J connectivity index is 2.33. The van der Waals surface area contributed by atoms with Crippen molar-refractivity contribution >= 4 is 11.8 Å². The predicted molar refractivity (Wildman–Crippen MR) is 62.9 cm³/mol. The molecule has 1 fully saturated rings. The van der Waals surface area contributed by atoms with Gasteiger partial charge in [-0.1, -0.05) is 13.8 Å². The van der Waals surface area contributed by atoms with E-state index in [0.29, 0.717) is 12.3 Å². The summed E-state index contributed by atoms with van der Waals surface area (Å²) >= 11 is 0. The average Bonchev–Trinajstić information content (AvgIpc) is 2.42. The highest BCUT2D eigenvalue weighted by molar-refractivity contribution is 5.87. The van der Waals surface area contributed by atoms with Crippen molar-refractivity contribution in [2.45, 2.75) is 52.0 Å². The molecule has 2 amide bonds. The van der Waals surface area contributed by atoms with Crippen molar-refractivity contribution < 1.29 is 9.59 Å². The molecule has 0 bridgehead atoms. The minimum atomic E-state index is -0.317. The molecule has 1 heterocycles. The van der Waals surface area contributed by atoms with Gasteiger partial charge in [0, 0.05) is 13.0 Å². The molecule has 0 aliphatic carbocycles. The van der Waals surface area contributed by atoms with Crippen molar-refractivity contribution in [3.63, 3.8) is 0 Å². The van der Waals surface area contributed by atoms with Crippen LogP contribution in [-0.2, 0) is 9.59 Å². The summed E-state index contributed by atoms with van der Waals surface area (Å²) in [5, 5.41) is 5.62. The van der Waals surface area contributed by atoms with Crippen LogP contribution >= 0.6 is 0 Å². The van der Waals surface area contributed by atoms with Gasteiger partial charge in [0.2, 0.25) is 11.8 Å². The van der Waals surface area contributed by atoms with E-state index in [2.05, 4.69) is 24.5 Å². The highest BCUT2D eigenvalue weighted by atomic mass is 16.2. The zero-order valence-corrected chi connectivity index (χ0v) is 10.2. The van der Waals surface area contributed by atoms with Crippen LogP contribution in [0.15, 0.2) is 0 Å². The normalized spacial score (nSPS) is 21.4. The van der Waals surface area contributed by atoms with Crippen LogP contribution in [0.3, 0.4) is 0 Å². The first kappa shape index (κ1) is 13.0. The molecule has 1 aliphatic heterocycles. The molecule has 4 heteroatoms. The lowest BCUT2D eigenvalue weighted by Gasteiger charge is -2.15. The van der Waals surface area contributed by atoms with E-state index in [-0.39, 0.29) is 17.9 Å². The summed E-state index contributed by atoms with van der Waals surface area (Å²) in [5.41, 5.74) is 0. The molecule has 16 heavy (non-hydrogen) atoms. The third-order valence-electron chi connectivity index (χ3n) is 2.82. The van der Waals surface area contributed by atoms with Gasteiger partial charge in [0.15, 0.2) is 0 Å². The maximum absolute atomic E-state index is 11.6. The summed E-state index contributed by atoms with van der Waals surface area (Å²) < 4.78 is 0. The van der Waals surface area contributed by atoms with Crippen LogP contribution in [0.5, 0.6) is 0 Å². The molecule has 0 radical (unpaired) electrons. The predicted octanol–water partition coefficient (Wildman–Crippen LogP) is 1.21. The maximum Gasteiger partial charge on any atom is 0.242 e. The fraction of sp³-hybridized carbons (Fsp3) is 0.833. The van der Waals surface area contributed by atoms with E-state index in [1.807, 2.05) is 0 Å². The van der Waals surface area contributed by atoms with Crippen molar-refractivity contribution in [3.05, 3.63) is 0 Å². The van der Waals surface area contributed by atoms with Gasteiger partial charge in [-0.05, 0) is 31.6 Å². The summed E-state index contributed by atoms with van der Waals surface area (Å²) in [7, 11) is 0. The molecule has 1 unspecified atom stereocenters. The lowest BCUT2D eigenvalue weighted by Crippen LogP contribution is -2.45. The van der Waals surface area contributed by atoms with Crippen LogP contribution in [0.1, 0.15) is 46.0 Å². The van der Waals surface area contributed by atoms with Gasteiger partial charge < -0.3 is 10.6 Å². The Kier molecular flexibility index (Phi) is 5.29. The number of nitrogens with one attached hydrogen (secondary N) is 2. The standard InChI is InChI=1S/C12H22N2O2/c1-9(2)6-7-11(15)14-10-5-3-4-8-13-12(10)16/h9-10H,3-8H2,1-2H3,(H,13,16)(H,14,15). The van der Waals surface area contributed by atoms with Gasteiger partial charge in [0.25, 0.3) is 0 Å². The molecular formula is C12H22N2O2. The first-order valence-corrected chi connectivity index (χ1v) is 6.16. The number of hydrogen-bond acceptors (Lipinski definition) is 2. The first-order chi connectivity index (χ1) is 7.59. The van der Waals surface area contributed by atoms with E-state index >= 15 is 0 Å². The van der Waals surface area contributed by atoms with E-state index in [0.717, 1.165) is 32.2 Å². The maximum atomic E-state index is 11.6. The largest absolute Gasteiger partial charge is 0.354 e. The van der Waals surface area contributed by atoms with Crippen LogP contribution in [-0.4, -0.2) is 24.4 Å². The summed E-state index contributed by atoms with van der Waals surface area (Å²) in [6.45, 7) is 4.91. The summed E-state index contributed by atoms with van der Waals surface area (Å²) in [4.78, 5) is 23.1. The Hall–Kier alpha value is -1.06. The second-order valence-corrected chi connectivity index (χ2v) is 4.84. The highest BCUT2D eigenvalue weighted by Gasteiger charge is 2.21. The smallest absolute Gasteiger partial charge is 0.242 e. The van der Waals surface area contributed by atoms with Gasteiger partial charge in [-0.2, -0.15) is 0 Å². The van der Waals surface area contributed by atoms with Crippen LogP contribution < -0.4 is 10.6 Å². The fourth-order valence-electron chi connectivity index (χ4n) is 1.76. The van der Waals surface area contributed by atoms with E-state index in [4.69, 9.17) is 0 Å². The summed E-state index contributed by atoms with van der Waals surface area (Å²) in [6, 6.07) is -0.317. The molecule has 0 aromatic carbocycles. The summed E-state index contributed by atoms with van der Waals surface area (Å²) in [5.74, 6) is 0.486. The van der Waals surface area contributed by atoms with Gasteiger partial charge in [-0.3, -0.25) is 9.59 Å². The Morgan fingerprint density at radius 3 is 2.94 bits per heavy atom. The number of amides is 2. The lowest BCUT2D eigenvalue weighted by molar-refractivity contribution is -0.128. The summed E-state index contributed by atoms with van der Waals surface area (Å²) in [6.07, 6.45) is 4.15. The van der Waals surface area contributed by atoms with Crippen LogP contribution in [0.2, 0.25) is 0 Å². The van der Waals surface area contributed by atoms with E-state index in [1.165, 1.54) is 0 Å². The first-order valence-electron chi connectivity index (χ1n) is 6.16. The number of hydrogen-bond donors (Lipinski definition) is 2. The molecule has 92 valence electrons. The van der Waals surface area contributed by atoms with E-state index in [1.54, 1.807) is 0 Å². The van der Waals surface area contributed by atoms with Crippen molar-refractivity contribution in [1.82, 2.24) is 10.6 Å². The zero-order chi connectivity index (χ0) is 12.0. The molecule has 1 saturated heterocycles.